The van der Waals surface area contributed by atoms with E-state index in [1.54, 1.807) is 23.5 Å². The molecule has 2 amide bonds. The van der Waals surface area contributed by atoms with Crippen molar-refractivity contribution in [3.05, 3.63) is 58.0 Å². The third-order valence-corrected chi connectivity index (χ3v) is 5.53. The number of urea groups is 1. The average molecular weight is 376 g/mol. The van der Waals surface area contributed by atoms with Crippen LogP contribution in [-0.2, 0) is 6.54 Å². The number of nitrogens with zero attached hydrogens (tertiary/aromatic N) is 1. The van der Waals surface area contributed by atoms with Crippen LogP contribution in [0.4, 0.5) is 9.18 Å². The number of carbonyl (C=O) groups excluding carboxylic acids is 1. The highest BCUT2D eigenvalue weighted by Gasteiger charge is 2.22. The lowest BCUT2D eigenvalue weighted by Crippen LogP contribution is -2.42. The fourth-order valence-electron chi connectivity index (χ4n) is 3.37. The summed E-state index contributed by atoms with van der Waals surface area (Å²) in [6.07, 6.45) is 5.02. The van der Waals surface area contributed by atoms with E-state index in [-0.39, 0.29) is 17.9 Å². The molecule has 0 saturated carbocycles. The number of hydrogen-bond donors (Lipinski definition) is 2. The molecule has 0 radical (unpaired) electrons. The minimum absolute atomic E-state index is 0.190. The Morgan fingerprint density at radius 1 is 1.08 bits per heavy atom. The molecule has 2 aromatic rings. The molecule has 4 nitrogen and oxygen atoms in total. The third-order valence-electron chi connectivity index (χ3n) is 4.83. The first kappa shape index (κ1) is 18.9. The van der Waals surface area contributed by atoms with Crippen molar-refractivity contribution in [1.82, 2.24) is 15.5 Å². The lowest BCUT2D eigenvalue weighted by molar-refractivity contribution is 0.196. The number of carbonyl (C=O) groups is 1. The molecule has 1 aliphatic rings. The first-order valence-electron chi connectivity index (χ1n) is 9.24. The Kier molecular flexibility index (Phi) is 7.03. The zero-order chi connectivity index (χ0) is 18.2. The monoisotopic (exact) mass is 375 g/mol. The number of halogens is 1. The summed E-state index contributed by atoms with van der Waals surface area (Å²) in [6, 6.07) is 8.35. The van der Waals surface area contributed by atoms with E-state index < -0.39 is 0 Å². The van der Waals surface area contributed by atoms with Gasteiger partial charge in [-0.05, 0) is 66.0 Å². The molecule has 2 heterocycles. The van der Waals surface area contributed by atoms with Gasteiger partial charge in [0.15, 0.2) is 0 Å². The van der Waals surface area contributed by atoms with Gasteiger partial charge in [-0.15, -0.1) is 0 Å². The van der Waals surface area contributed by atoms with Crippen molar-refractivity contribution in [2.24, 2.45) is 0 Å². The van der Waals surface area contributed by atoms with Gasteiger partial charge in [0.2, 0.25) is 0 Å². The molecule has 1 aromatic carbocycles. The van der Waals surface area contributed by atoms with Crippen LogP contribution in [0.1, 0.15) is 42.9 Å². The number of thiophene rings is 1. The minimum Gasteiger partial charge on any atom is -0.336 e. The zero-order valence-corrected chi connectivity index (χ0v) is 15.7. The topological polar surface area (TPSA) is 44.4 Å². The first-order valence-corrected chi connectivity index (χ1v) is 10.2. The second-order valence-electron chi connectivity index (χ2n) is 6.71. The molecule has 1 unspecified atom stereocenters. The Morgan fingerprint density at radius 2 is 1.81 bits per heavy atom. The number of nitrogens with one attached hydrogen (secondary N) is 2. The van der Waals surface area contributed by atoms with Crippen LogP contribution in [0.3, 0.4) is 0 Å². The van der Waals surface area contributed by atoms with Gasteiger partial charge in [0, 0.05) is 13.1 Å². The van der Waals surface area contributed by atoms with E-state index in [9.17, 15) is 9.18 Å². The van der Waals surface area contributed by atoms with E-state index in [0.29, 0.717) is 13.1 Å². The van der Waals surface area contributed by atoms with E-state index in [0.717, 1.165) is 18.7 Å². The van der Waals surface area contributed by atoms with E-state index in [1.165, 1.54) is 43.4 Å². The molecule has 26 heavy (non-hydrogen) atoms. The molecular weight excluding hydrogens is 349 g/mol. The van der Waals surface area contributed by atoms with Gasteiger partial charge in [-0.3, -0.25) is 4.90 Å². The SMILES string of the molecule is O=C(NCc1ccc(F)cc1)NCC(c1ccsc1)N1CCCCCC1. The zero-order valence-electron chi connectivity index (χ0n) is 14.9. The number of amides is 2. The smallest absolute Gasteiger partial charge is 0.315 e. The lowest BCUT2D eigenvalue weighted by atomic mass is 10.1. The van der Waals surface area contributed by atoms with Crippen molar-refractivity contribution < 1.29 is 9.18 Å². The summed E-state index contributed by atoms with van der Waals surface area (Å²) in [6.45, 7) is 3.14. The van der Waals surface area contributed by atoms with E-state index in [1.807, 2.05) is 0 Å². The summed E-state index contributed by atoms with van der Waals surface area (Å²) >= 11 is 1.69. The Labute approximate surface area is 158 Å². The third kappa shape index (κ3) is 5.54. The molecule has 6 heteroatoms. The molecule has 1 aliphatic heterocycles. The maximum absolute atomic E-state index is 12.9. The number of rotatable bonds is 6. The van der Waals surface area contributed by atoms with Gasteiger partial charge in [0.1, 0.15) is 5.82 Å². The van der Waals surface area contributed by atoms with Crippen LogP contribution in [0, 0.1) is 5.82 Å². The number of benzene rings is 1. The summed E-state index contributed by atoms with van der Waals surface area (Å²) in [5.74, 6) is -0.269. The Hall–Kier alpha value is -1.92. The largest absolute Gasteiger partial charge is 0.336 e. The average Bonchev–Trinajstić information content (AvgIpc) is 3.04. The van der Waals surface area contributed by atoms with Crippen LogP contribution in [0.15, 0.2) is 41.1 Å². The summed E-state index contributed by atoms with van der Waals surface area (Å²) in [5, 5.41) is 10.1. The van der Waals surface area contributed by atoms with Crippen molar-refractivity contribution in [2.75, 3.05) is 19.6 Å². The molecule has 140 valence electrons. The highest BCUT2D eigenvalue weighted by molar-refractivity contribution is 7.07. The molecule has 1 aromatic heterocycles. The molecule has 0 spiro atoms. The maximum Gasteiger partial charge on any atom is 0.315 e. The molecular formula is C20H26FN3OS. The van der Waals surface area contributed by atoms with Crippen molar-refractivity contribution >= 4 is 17.4 Å². The van der Waals surface area contributed by atoms with Gasteiger partial charge in [-0.2, -0.15) is 11.3 Å². The van der Waals surface area contributed by atoms with Crippen molar-refractivity contribution in [3.8, 4) is 0 Å². The summed E-state index contributed by atoms with van der Waals surface area (Å²) in [4.78, 5) is 14.7. The van der Waals surface area contributed by atoms with Crippen molar-refractivity contribution in [2.45, 2.75) is 38.3 Å². The highest BCUT2D eigenvalue weighted by atomic mass is 32.1. The lowest BCUT2D eigenvalue weighted by Gasteiger charge is -2.30. The standard InChI is InChI=1S/C20H26FN3OS/c21-18-7-5-16(6-8-18)13-22-20(25)23-14-19(17-9-12-26-15-17)24-10-3-1-2-4-11-24/h5-9,12,15,19H,1-4,10-11,13-14H2,(H2,22,23,25). The van der Waals surface area contributed by atoms with Gasteiger partial charge in [-0.1, -0.05) is 25.0 Å². The molecule has 1 atom stereocenters. The van der Waals surface area contributed by atoms with E-state index in [2.05, 4.69) is 32.4 Å². The Morgan fingerprint density at radius 3 is 2.46 bits per heavy atom. The van der Waals surface area contributed by atoms with Gasteiger partial charge < -0.3 is 10.6 Å². The highest BCUT2D eigenvalue weighted by Crippen LogP contribution is 2.25. The predicted octanol–water partition coefficient (Wildman–Crippen LogP) is 4.30. The van der Waals surface area contributed by atoms with Crippen LogP contribution in [-0.4, -0.2) is 30.6 Å². The summed E-state index contributed by atoms with van der Waals surface area (Å²) in [5.41, 5.74) is 2.15. The first-order chi connectivity index (χ1) is 12.7. The van der Waals surface area contributed by atoms with Gasteiger partial charge in [0.05, 0.1) is 6.04 Å². The normalized spacial score (nSPS) is 16.7. The van der Waals surface area contributed by atoms with Crippen LogP contribution < -0.4 is 10.6 Å². The van der Waals surface area contributed by atoms with Crippen LogP contribution >= 0.6 is 11.3 Å². The quantitative estimate of drug-likeness (QED) is 0.790. The van der Waals surface area contributed by atoms with Crippen LogP contribution in [0.2, 0.25) is 0 Å². The molecule has 2 N–H and O–H groups in total. The van der Waals surface area contributed by atoms with Crippen LogP contribution in [0.25, 0.3) is 0 Å². The Balaban J connectivity index is 1.53. The maximum atomic E-state index is 12.9. The van der Waals surface area contributed by atoms with Gasteiger partial charge >= 0.3 is 6.03 Å². The summed E-state index contributed by atoms with van der Waals surface area (Å²) < 4.78 is 12.9. The molecule has 1 saturated heterocycles. The van der Waals surface area contributed by atoms with Crippen LogP contribution in [0.5, 0.6) is 0 Å². The van der Waals surface area contributed by atoms with E-state index >= 15 is 0 Å². The van der Waals surface area contributed by atoms with Gasteiger partial charge in [0.25, 0.3) is 0 Å². The molecule has 3 rings (SSSR count). The fraction of sp³-hybridized carbons (Fsp3) is 0.450. The Bertz CT molecular complexity index is 667. The second kappa shape index (κ2) is 9.69. The fourth-order valence-corrected chi connectivity index (χ4v) is 4.07. The minimum atomic E-state index is -0.269. The van der Waals surface area contributed by atoms with Gasteiger partial charge in [-0.25, -0.2) is 9.18 Å². The predicted molar refractivity (Wildman–Crippen MR) is 104 cm³/mol. The van der Waals surface area contributed by atoms with E-state index in [4.69, 9.17) is 0 Å². The summed E-state index contributed by atoms with van der Waals surface area (Å²) in [7, 11) is 0. The van der Waals surface area contributed by atoms with Crippen molar-refractivity contribution in [1.29, 1.82) is 0 Å². The number of hydrogen-bond acceptors (Lipinski definition) is 3. The molecule has 1 fully saturated rings. The number of likely N-dealkylation sites (tertiary alicyclic amines) is 1. The molecule has 0 aliphatic carbocycles. The molecule has 0 bridgehead atoms. The van der Waals surface area contributed by atoms with Crippen molar-refractivity contribution in [3.63, 3.8) is 0 Å². The second-order valence-corrected chi connectivity index (χ2v) is 7.49.